The van der Waals surface area contributed by atoms with Crippen molar-refractivity contribution in [2.75, 3.05) is 19.8 Å². The lowest BCUT2D eigenvalue weighted by atomic mass is 9.97. The van der Waals surface area contributed by atoms with Crippen LogP contribution in [-0.4, -0.2) is 33.3 Å². The summed E-state index contributed by atoms with van der Waals surface area (Å²) in [5, 5.41) is 3.69. The zero-order valence-electron chi connectivity index (χ0n) is 14.5. The number of benzene rings is 1. The molecule has 25 heavy (non-hydrogen) atoms. The molecule has 0 saturated heterocycles. The van der Waals surface area contributed by atoms with Crippen LogP contribution in [0.4, 0.5) is 0 Å². The van der Waals surface area contributed by atoms with E-state index in [0.29, 0.717) is 37.6 Å². The Morgan fingerprint density at radius 3 is 2.60 bits per heavy atom. The second kappa shape index (κ2) is 7.05. The number of aromatic nitrogens is 1. The third kappa shape index (κ3) is 3.80. The molecule has 0 fully saturated rings. The van der Waals surface area contributed by atoms with Crippen molar-refractivity contribution in [1.29, 1.82) is 0 Å². The maximum atomic E-state index is 12.4. The Balaban J connectivity index is 1.62. The first-order chi connectivity index (χ1) is 11.9. The molecule has 8 heteroatoms. The summed E-state index contributed by atoms with van der Waals surface area (Å²) >= 11 is 0. The van der Waals surface area contributed by atoms with Gasteiger partial charge in [0.15, 0.2) is 17.3 Å². The van der Waals surface area contributed by atoms with E-state index in [0.717, 1.165) is 17.1 Å². The van der Waals surface area contributed by atoms with Gasteiger partial charge in [-0.1, -0.05) is 18.1 Å². The first kappa shape index (κ1) is 17.8. The molecule has 1 aromatic heterocycles. The quantitative estimate of drug-likeness (QED) is 0.845. The molecular formula is C17H22N2O5S. The second-order valence-corrected chi connectivity index (χ2v) is 7.85. The van der Waals surface area contributed by atoms with Gasteiger partial charge in [-0.2, -0.15) is 0 Å². The van der Waals surface area contributed by atoms with Crippen LogP contribution in [-0.2, 0) is 10.0 Å². The van der Waals surface area contributed by atoms with Gasteiger partial charge in [0.25, 0.3) is 0 Å². The van der Waals surface area contributed by atoms with E-state index >= 15 is 0 Å². The highest BCUT2D eigenvalue weighted by Crippen LogP contribution is 2.33. The molecule has 0 radical (unpaired) electrons. The predicted octanol–water partition coefficient (Wildman–Crippen LogP) is 2.53. The summed E-state index contributed by atoms with van der Waals surface area (Å²) in [6.07, 6.45) is 0.655. The molecule has 1 atom stereocenters. The average Bonchev–Trinajstić information content (AvgIpc) is 2.93. The SMILES string of the molecule is Cc1noc(C)c1S(=O)(=O)NCCC(C)c1ccc2c(c1)OCCO2. The molecule has 136 valence electrons. The zero-order valence-corrected chi connectivity index (χ0v) is 15.4. The number of hydrogen-bond donors (Lipinski definition) is 1. The Morgan fingerprint density at radius 1 is 1.20 bits per heavy atom. The highest BCUT2D eigenvalue weighted by molar-refractivity contribution is 7.89. The van der Waals surface area contributed by atoms with E-state index in [1.54, 1.807) is 13.8 Å². The van der Waals surface area contributed by atoms with E-state index in [9.17, 15) is 8.42 Å². The summed E-state index contributed by atoms with van der Waals surface area (Å²) in [6.45, 7) is 6.68. The van der Waals surface area contributed by atoms with Gasteiger partial charge in [-0.05, 0) is 43.9 Å². The summed E-state index contributed by atoms with van der Waals surface area (Å²) in [4.78, 5) is 0.125. The molecule has 1 aliphatic heterocycles. The first-order valence-corrected chi connectivity index (χ1v) is 9.69. The third-order valence-corrected chi connectivity index (χ3v) is 5.95. The number of rotatable bonds is 6. The summed E-state index contributed by atoms with van der Waals surface area (Å²) < 4.78 is 43.5. The standard InChI is InChI=1S/C17H22N2O5S/c1-11(14-4-5-15-16(10-14)23-9-8-22-15)6-7-18-25(20,21)17-12(2)19-24-13(17)3/h4-5,10-11,18H,6-9H2,1-3H3. The molecule has 2 heterocycles. The van der Waals surface area contributed by atoms with Crippen LogP contribution in [0.5, 0.6) is 11.5 Å². The van der Waals surface area contributed by atoms with E-state index in [2.05, 4.69) is 16.8 Å². The van der Waals surface area contributed by atoms with Crippen LogP contribution in [0.25, 0.3) is 0 Å². The molecule has 7 nitrogen and oxygen atoms in total. The minimum atomic E-state index is -3.62. The van der Waals surface area contributed by atoms with Crippen molar-refractivity contribution < 1.29 is 22.4 Å². The average molecular weight is 366 g/mol. The molecule has 2 aromatic rings. The maximum Gasteiger partial charge on any atom is 0.245 e. The molecule has 1 aromatic carbocycles. The van der Waals surface area contributed by atoms with E-state index in [4.69, 9.17) is 14.0 Å². The van der Waals surface area contributed by atoms with Gasteiger partial charge >= 0.3 is 0 Å². The Morgan fingerprint density at radius 2 is 1.92 bits per heavy atom. The summed E-state index contributed by atoms with van der Waals surface area (Å²) in [5.74, 6) is 1.96. The van der Waals surface area contributed by atoms with E-state index in [1.165, 1.54) is 0 Å². The summed E-state index contributed by atoms with van der Waals surface area (Å²) in [7, 11) is -3.62. The first-order valence-electron chi connectivity index (χ1n) is 8.20. The second-order valence-electron chi connectivity index (χ2n) is 6.14. The van der Waals surface area contributed by atoms with Crippen LogP contribution in [0, 0.1) is 13.8 Å². The Labute approximate surface area is 147 Å². The molecule has 3 rings (SSSR count). The van der Waals surface area contributed by atoms with E-state index < -0.39 is 10.0 Å². The van der Waals surface area contributed by atoms with Gasteiger partial charge in [-0.3, -0.25) is 0 Å². The van der Waals surface area contributed by atoms with Gasteiger partial charge in [-0.25, -0.2) is 13.1 Å². The van der Waals surface area contributed by atoms with E-state index in [1.807, 2.05) is 18.2 Å². The number of ether oxygens (including phenoxy) is 2. The fourth-order valence-electron chi connectivity index (χ4n) is 2.87. The molecule has 1 N–H and O–H groups in total. The topological polar surface area (TPSA) is 90.7 Å². The van der Waals surface area contributed by atoms with Crippen molar-refractivity contribution in [2.45, 2.75) is 38.0 Å². The van der Waals surface area contributed by atoms with Crippen LogP contribution in [0.15, 0.2) is 27.6 Å². The third-order valence-electron chi connectivity index (χ3n) is 4.24. The Kier molecular flexibility index (Phi) is 5.01. The van der Waals surface area contributed by atoms with Crippen LogP contribution < -0.4 is 14.2 Å². The fourth-order valence-corrected chi connectivity index (χ4v) is 4.25. The lowest BCUT2D eigenvalue weighted by Gasteiger charge is -2.20. The minimum absolute atomic E-state index is 0.125. The summed E-state index contributed by atoms with van der Waals surface area (Å²) in [6, 6.07) is 5.84. The van der Waals surface area contributed by atoms with Gasteiger partial charge in [0.2, 0.25) is 10.0 Å². The number of fused-ring (bicyclic) bond motifs is 1. The molecule has 1 aliphatic rings. The highest BCUT2D eigenvalue weighted by Gasteiger charge is 2.24. The normalized spacial score (nSPS) is 15.2. The molecule has 0 spiro atoms. The number of nitrogens with one attached hydrogen (secondary N) is 1. The van der Waals surface area contributed by atoms with Crippen LogP contribution in [0.3, 0.4) is 0 Å². The fraction of sp³-hybridized carbons (Fsp3) is 0.471. The molecule has 0 saturated carbocycles. The molecule has 0 amide bonds. The largest absolute Gasteiger partial charge is 0.486 e. The number of aryl methyl sites for hydroxylation is 2. The smallest absolute Gasteiger partial charge is 0.245 e. The predicted molar refractivity (Wildman–Crippen MR) is 91.6 cm³/mol. The monoisotopic (exact) mass is 366 g/mol. The van der Waals surface area contributed by atoms with Gasteiger partial charge in [0.05, 0.1) is 0 Å². The van der Waals surface area contributed by atoms with Crippen LogP contribution in [0.1, 0.15) is 36.3 Å². The van der Waals surface area contributed by atoms with Crippen molar-refractivity contribution in [3.8, 4) is 11.5 Å². The highest BCUT2D eigenvalue weighted by atomic mass is 32.2. The number of nitrogens with zero attached hydrogens (tertiary/aromatic N) is 1. The van der Waals surface area contributed by atoms with Crippen LogP contribution >= 0.6 is 0 Å². The van der Waals surface area contributed by atoms with Crippen molar-refractivity contribution in [2.24, 2.45) is 0 Å². The molecular weight excluding hydrogens is 344 g/mol. The van der Waals surface area contributed by atoms with Gasteiger partial charge in [0, 0.05) is 6.54 Å². The van der Waals surface area contributed by atoms with Crippen molar-refractivity contribution >= 4 is 10.0 Å². The maximum absolute atomic E-state index is 12.4. The lowest BCUT2D eigenvalue weighted by molar-refractivity contribution is 0.171. The molecule has 1 unspecified atom stereocenters. The van der Waals surface area contributed by atoms with Crippen molar-refractivity contribution in [3.63, 3.8) is 0 Å². The summed E-state index contributed by atoms with van der Waals surface area (Å²) in [5.41, 5.74) is 1.45. The molecule has 0 aliphatic carbocycles. The molecule has 0 bridgehead atoms. The van der Waals surface area contributed by atoms with Gasteiger partial charge < -0.3 is 14.0 Å². The number of sulfonamides is 1. The van der Waals surface area contributed by atoms with Gasteiger partial charge in [0.1, 0.15) is 23.8 Å². The Bertz CT molecular complexity index is 840. The van der Waals surface area contributed by atoms with Crippen molar-refractivity contribution in [3.05, 3.63) is 35.2 Å². The van der Waals surface area contributed by atoms with Crippen LogP contribution in [0.2, 0.25) is 0 Å². The van der Waals surface area contributed by atoms with Gasteiger partial charge in [-0.15, -0.1) is 0 Å². The zero-order chi connectivity index (χ0) is 18.0. The van der Waals surface area contributed by atoms with E-state index in [-0.39, 0.29) is 10.8 Å². The Hall–Kier alpha value is -2.06. The van der Waals surface area contributed by atoms with Crippen molar-refractivity contribution in [1.82, 2.24) is 9.88 Å². The minimum Gasteiger partial charge on any atom is -0.486 e. The number of hydrogen-bond acceptors (Lipinski definition) is 6. The lowest BCUT2D eigenvalue weighted by Crippen LogP contribution is -2.26.